The second-order valence-electron chi connectivity index (χ2n) is 8.82. The molecule has 0 fully saturated rings. The molecule has 6 nitrogen and oxygen atoms in total. The van der Waals surface area contributed by atoms with Crippen LogP contribution in [-0.4, -0.2) is 50.9 Å². The average Bonchev–Trinajstić information content (AvgIpc) is 2.92. The summed E-state index contributed by atoms with van der Waals surface area (Å²) in [6.07, 6.45) is 14.5. The first kappa shape index (κ1) is 26.2. The molecule has 2 aromatic rings. The van der Waals surface area contributed by atoms with Crippen LogP contribution in [0.15, 0.2) is 66.8 Å². The second kappa shape index (κ2) is 14.0. The molecule has 6 heteroatoms. The fourth-order valence-electron chi connectivity index (χ4n) is 4.31. The number of aromatic hydroxyl groups is 1. The summed E-state index contributed by atoms with van der Waals surface area (Å²) in [5.74, 6) is 3.02. The molecule has 4 rings (SSSR count). The van der Waals surface area contributed by atoms with E-state index in [1.807, 2.05) is 42.5 Å². The first-order valence-corrected chi connectivity index (χ1v) is 12.4. The minimum Gasteiger partial charge on any atom is -0.507 e. The first-order chi connectivity index (χ1) is 17.7. The lowest BCUT2D eigenvalue weighted by atomic mass is 9.95. The van der Waals surface area contributed by atoms with E-state index in [4.69, 9.17) is 30.1 Å². The molecule has 1 heterocycles. The lowest BCUT2D eigenvalue weighted by Crippen LogP contribution is -2.30. The predicted octanol–water partition coefficient (Wildman–Crippen LogP) is 4.71. The molecule has 2 aromatic carbocycles. The first-order valence-electron chi connectivity index (χ1n) is 12.4. The van der Waals surface area contributed by atoms with Gasteiger partial charge in [-0.25, -0.2) is 0 Å². The average molecular weight is 491 g/mol. The Morgan fingerprint density at radius 1 is 0.833 bits per heavy atom. The summed E-state index contributed by atoms with van der Waals surface area (Å²) in [4.78, 5) is 0. The highest BCUT2D eigenvalue weighted by Gasteiger charge is 2.21. The smallest absolute Gasteiger partial charge is 0.126 e. The number of benzene rings is 2. The van der Waals surface area contributed by atoms with Crippen molar-refractivity contribution in [1.29, 1.82) is 0 Å². The van der Waals surface area contributed by atoms with Crippen molar-refractivity contribution < 1.29 is 28.8 Å². The molecule has 1 N–H and O–H groups in total. The van der Waals surface area contributed by atoms with Gasteiger partial charge in [-0.15, -0.1) is 6.42 Å². The van der Waals surface area contributed by atoms with E-state index in [0.29, 0.717) is 56.3 Å². The van der Waals surface area contributed by atoms with Gasteiger partial charge in [0.1, 0.15) is 11.9 Å². The summed E-state index contributed by atoms with van der Waals surface area (Å²) in [5, 5.41) is 10.9. The third kappa shape index (κ3) is 7.54. The zero-order valence-corrected chi connectivity index (χ0v) is 20.5. The Balaban J connectivity index is 1.50. The molecule has 0 radical (unpaired) electrons. The van der Waals surface area contributed by atoms with Crippen molar-refractivity contribution in [3.8, 4) is 18.1 Å². The molecule has 3 atom stereocenters. The number of fused-ring (bicyclic) bond motifs is 2. The topological polar surface area (TPSA) is 66.4 Å². The number of phenols is 1. The van der Waals surface area contributed by atoms with Crippen LogP contribution in [0.5, 0.6) is 5.75 Å². The predicted molar refractivity (Wildman–Crippen MR) is 137 cm³/mol. The number of ether oxygens (including phenoxy) is 5. The fourth-order valence-corrected chi connectivity index (χ4v) is 4.31. The summed E-state index contributed by atoms with van der Waals surface area (Å²) in [6, 6.07) is 13.5. The zero-order chi connectivity index (χ0) is 25.0. The van der Waals surface area contributed by atoms with Crippen LogP contribution < -0.4 is 0 Å². The van der Waals surface area contributed by atoms with E-state index in [2.05, 4.69) is 18.1 Å². The summed E-state index contributed by atoms with van der Waals surface area (Å²) in [7, 11) is 0. The number of rotatable bonds is 2. The second-order valence-corrected chi connectivity index (χ2v) is 8.82. The molecule has 2 bridgehead atoms. The summed E-state index contributed by atoms with van der Waals surface area (Å²) in [6.45, 7) is 2.92. The van der Waals surface area contributed by atoms with Crippen LogP contribution in [0.25, 0.3) is 0 Å². The van der Waals surface area contributed by atoms with E-state index in [9.17, 15) is 5.11 Å². The van der Waals surface area contributed by atoms with E-state index in [1.54, 1.807) is 12.1 Å². The Morgan fingerprint density at radius 2 is 1.56 bits per heavy atom. The Hall–Kier alpha value is -2.92. The highest BCUT2D eigenvalue weighted by Crippen LogP contribution is 2.28. The van der Waals surface area contributed by atoms with Gasteiger partial charge in [0.25, 0.3) is 0 Å². The van der Waals surface area contributed by atoms with Crippen molar-refractivity contribution in [1.82, 2.24) is 0 Å². The van der Waals surface area contributed by atoms with Crippen molar-refractivity contribution in [3.05, 3.63) is 89.0 Å². The number of allylic oxidation sites excluding steroid dienone is 3. The van der Waals surface area contributed by atoms with Crippen LogP contribution in [-0.2, 0) is 36.9 Å². The molecular formula is C30H34O6. The minimum atomic E-state index is -0.263. The SMILES string of the molecule is C#Cc1cc2c(O)c(c1)COC[C@H](C1C=CC=CC1)OCCOCCO[C@@H](c1ccccc1)COC2. The molecule has 1 aliphatic heterocycles. The van der Waals surface area contributed by atoms with Crippen LogP contribution in [0.3, 0.4) is 0 Å². The summed E-state index contributed by atoms with van der Waals surface area (Å²) in [5.41, 5.74) is 2.93. The van der Waals surface area contributed by atoms with Crippen molar-refractivity contribution in [2.24, 2.45) is 5.92 Å². The number of terminal acetylenes is 1. The van der Waals surface area contributed by atoms with Crippen LogP contribution in [0.2, 0.25) is 0 Å². The van der Waals surface area contributed by atoms with Gasteiger partial charge < -0.3 is 28.8 Å². The lowest BCUT2D eigenvalue weighted by Gasteiger charge is -2.26. The van der Waals surface area contributed by atoms with E-state index in [0.717, 1.165) is 12.0 Å². The van der Waals surface area contributed by atoms with Gasteiger partial charge in [0.2, 0.25) is 0 Å². The van der Waals surface area contributed by atoms with E-state index >= 15 is 0 Å². The van der Waals surface area contributed by atoms with Gasteiger partial charge in [0.15, 0.2) is 0 Å². The molecule has 190 valence electrons. The molecule has 0 saturated heterocycles. The monoisotopic (exact) mass is 490 g/mol. The van der Waals surface area contributed by atoms with Crippen molar-refractivity contribution >= 4 is 0 Å². The molecular weight excluding hydrogens is 456 g/mol. The highest BCUT2D eigenvalue weighted by atomic mass is 16.6. The zero-order valence-electron chi connectivity index (χ0n) is 20.5. The molecule has 0 amide bonds. The quantitative estimate of drug-likeness (QED) is 0.615. The number of phenolic OH excluding ortho intramolecular Hbond substituents is 1. The van der Waals surface area contributed by atoms with Crippen molar-refractivity contribution in [2.45, 2.75) is 31.8 Å². The Kier molecular flexibility index (Phi) is 10.2. The fraction of sp³-hybridized carbons (Fsp3) is 0.400. The number of hydrogen-bond acceptors (Lipinski definition) is 6. The van der Waals surface area contributed by atoms with E-state index in [-0.39, 0.29) is 37.1 Å². The van der Waals surface area contributed by atoms with Gasteiger partial charge >= 0.3 is 0 Å². The Labute approximate surface area is 213 Å². The Morgan fingerprint density at radius 3 is 2.25 bits per heavy atom. The van der Waals surface area contributed by atoms with E-state index < -0.39 is 0 Å². The van der Waals surface area contributed by atoms with Gasteiger partial charge in [-0.3, -0.25) is 0 Å². The van der Waals surface area contributed by atoms with Crippen molar-refractivity contribution in [2.75, 3.05) is 39.6 Å². The minimum absolute atomic E-state index is 0.131. The van der Waals surface area contributed by atoms with Gasteiger partial charge in [-0.2, -0.15) is 0 Å². The molecule has 0 saturated carbocycles. The maximum atomic E-state index is 10.9. The molecule has 2 aliphatic rings. The van der Waals surface area contributed by atoms with Gasteiger partial charge in [-0.05, 0) is 24.1 Å². The number of hydrogen-bond donors (Lipinski definition) is 1. The van der Waals surface area contributed by atoms with Gasteiger partial charge in [0.05, 0.1) is 59.0 Å². The third-order valence-corrected chi connectivity index (χ3v) is 6.27. The van der Waals surface area contributed by atoms with Crippen molar-refractivity contribution in [3.63, 3.8) is 0 Å². The molecule has 0 spiro atoms. The van der Waals surface area contributed by atoms with Crippen LogP contribution in [0, 0.1) is 18.3 Å². The van der Waals surface area contributed by atoms with Gasteiger partial charge in [0, 0.05) is 22.6 Å². The standard InChI is InChI=1S/C30H34O6/c1-2-23-17-26-19-33-21-28(24-9-5-3-6-10-24)35-15-13-32-14-16-36-29(25-11-7-4-8-12-25)22-34-20-27(18-23)30(26)31/h1,3-11,17-18,25,28-29,31H,12-16,19-22H2/t25?,28-,29-/m1/s1. The summed E-state index contributed by atoms with van der Waals surface area (Å²) < 4.78 is 30.0. The van der Waals surface area contributed by atoms with Crippen LogP contribution >= 0.6 is 0 Å². The molecule has 1 aliphatic carbocycles. The van der Waals surface area contributed by atoms with Crippen LogP contribution in [0.1, 0.15) is 34.8 Å². The summed E-state index contributed by atoms with van der Waals surface area (Å²) >= 11 is 0. The Bertz CT molecular complexity index is 1060. The normalized spacial score (nSPS) is 24.4. The lowest BCUT2D eigenvalue weighted by molar-refractivity contribution is -0.0722. The van der Waals surface area contributed by atoms with Gasteiger partial charge in [-0.1, -0.05) is 60.6 Å². The maximum Gasteiger partial charge on any atom is 0.126 e. The largest absolute Gasteiger partial charge is 0.507 e. The van der Waals surface area contributed by atoms with E-state index in [1.165, 1.54) is 0 Å². The third-order valence-electron chi connectivity index (χ3n) is 6.27. The molecule has 1 unspecified atom stereocenters. The van der Waals surface area contributed by atoms with Crippen LogP contribution in [0.4, 0.5) is 0 Å². The highest BCUT2D eigenvalue weighted by molar-refractivity contribution is 5.48. The molecule has 36 heavy (non-hydrogen) atoms. The molecule has 0 aromatic heterocycles. The maximum absolute atomic E-state index is 10.9.